The van der Waals surface area contributed by atoms with Crippen molar-refractivity contribution in [3.8, 4) is 0 Å². The van der Waals surface area contributed by atoms with Gasteiger partial charge in [-0.2, -0.15) is 0 Å². The summed E-state index contributed by atoms with van der Waals surface area (Å²) in [4.78, 5) is 15.2. The molecule has 3 aliphatic rings. The molecule has 0 aromatic rings. The lowest BCUT2D eigenvalue weighted by molar-refractivity contribution is -0.105. The van der Waals surface area contributed by atoms with Crippen molar-refractivity contribution in [2.45, 2.75) is 12.5 Å². The van der Waals surface area contributed by atoms with E-state index in [4.69, 9.17) is 9.47 Å². The molecule has 0 bridgehead atoms. The Balaban J connectivity index is 2.00. The zero-order valence-corrected chi connectivity index (χ0v) is 9.13. The maximum Gasteiger partial charge on any atom is 0.231 e. The molecule has 1 unspecified atom stereocenters. The molecule has 0 aromatic carbocycles. The lowest BCUT2D eigenvalue weighted by Gasteiger charge is -2.10. The zero-order valence-electron chi connectivity index (χ0n) is 9.13. The fourth-order valence-electron chi connectivity index (χ4n) is 2.01. The van der Waals surface area contributed by atoms with Crippen molar-refractivity contribution in [2.75, 3.05) is 6.79 Å². The Morgan fingerprint density at radius 2 is 2.24 bits per heavy atom. The molecule has 2 aliphatic heterocycles. The van der Waals surface area contributed by atoms with Crippen LogP contribution in [0.3, 0.4) is 0 Å². The van der Waals surface area contributed by atoms with Crippen LogP contribution in [0.15, 0.2) is 52.0 Å². The monoisotopic (exact) mass is 229 g/mol. The molecular formula is C13H11NO3. The highest BCUT2D eigenvalue weighted by molar-refractivity contribution is 5.85. The lowest BCUT2D eigenvalue weighted by Crippen LogP contribution is -2.05. The van der Waals surface area contributed by atoms with E-state index in [1.807, 2.05) is 18.2 Å². The van der Waals surface area contributed by atoms with Crippen LogP contribution in [0.2, 0.25) is 0 Å². The number of nitrogens with zero attached hydrogens (tertiary/aromatic N) is 1. The minimum absolute atomic E-state index is 0.0403. The number of fused-ring (bicyclic) bond motifs is 1. The first-order chi connectivity index (χ1) is 8.36. The molecule has 2 heterocycles. The third kappa shape index (κ3) is 1.82. The van der Waals surface area contributed by atoms with Gasteiger partial charge in [0.25, 0.3) is 0 Å². The van der Waals surface area contributed by atoms with Gasteiger partial charge in [0, 0.05) is 6.21 Å². The Kier molecular flexibility index (Phi) is 2.40. The highest BCUT2D eigenvalue weighted by Crippen LogP contribution is 2.29. The van der Waals surface area contributed by atoms with Crippen LogP contribution in [0.4, 0.5) is 0 Å². The van der Waals surface area contributed by atoms with E-state index >= 15 is 0 Å². The quantitative estimate of drug-likeness (QED) is 0.642. The number of hydrogen-bond donors (Lipinski definition) is 0. The molecule has 0 radical (unpaired) electrons. The van der Waals surface area contributed by atoms with Crippen LogP contribution >= 0.6 is 0 Å². The number of carbonyl (C=O) groups excluding carboxylic acids is 1. The molecule has 0 saturated heterocycles. The molecule has 1 aliphatic carbocycles. The van der Waals surface area contributed by atoms with Crippen LogP contribution in [0.5, 0.6) is 0 Å². The molecule has 0 saturated carbocycles. The van der Waals surface area contributed by atoms with E-state index in [9.17, 15) is 4.79 Å². The standard InChI is InChI=1S/C13H11NO3/c15-7-9-3-4-14-11-1-2-12-13(17-8-16-12)6-10(11)5-9/h1-4,6-7,11H,5,8H2. The van der Waals surface area contributed by atoms with Gasteiger partial charge in [0.2, 0.25) is 6.79 Å². The van der Waals surface area contributed by atoms with Gasteiger partial charge in [-0.15, -0.1) is 0 Å². The van der Waals surface area contributed by atoms with E-state index in [0.717, 1.165) is 29.0 Å². The van der Waals surface area contributed by atoms with Crippen molar-refractivity contribution in [1.82, 2.24) is 0 Å². The number of rotatable bonds is 1. The third-order valence-electron chi connectivity index (χ3n) is 2.89. The van der Waals surface area contributed by atoms with Crippen LogP contribution < -0.4 is 0 Å². The fraction of sp³-hybridized carbons (Fsp3) is 0.231. The molecule has 0 aromatic heterocycles. The van der Waals surface area contributed by atoms with Gasteiger partial charge in [0.05, 0.1) is 6.04 Å². The largest absolute Gasteiger partial charge is 0.454 e. The number of aliphatic imine (C=N–C) groups is 1. The van der Waals surface area contributed by atoms with Gasteiger partial charge >= 0.3 is 0 Å². The highest BCUT2D eigenvalue weighted by atomic mass is 16.7. The molecule has 3 rings (SSSR count). The van der Waals surface area contributed by atoms with Crippen molar-refractivity contribution in [2.24, 2.45) is 4.99 Å². The summed E-state index contributed by atoms with van der Waals surface area (Å²) >= 11 is 0. The summed E-state index contributed by atoms with van der Waals surface area (Å²) in [6.07, 6.45) is 10.6. The Hall–Kier alpha value is -2.10. The van der Waals surface area contributed by atoms with Crippen molar-refractivity contribution < 1.29 is 14.3 Å². The minimum Gasteiger partial charge on any atom is -0.454 e. The molecule has 4 nitrogen and oxygen atoms in total. The number of aldehydes is 1. The van der Waals surface area contributed by atoms with Gasteiger partial charge in [-0.25, -0.2) is 0 Å². The number of allylic oxidation sites excluding steroid dienone is 4. The zero-order chi connectivity index (χ0) is 11.7. The molecule has 0 amide bonds. The van der Waals surface area contributed by atoms with E-state index in [-0.39, 0.29) is 12.8 Å². The Bertz CT molecular complexity index is 509. The third-order valence-corrected chi connectivity index (χ3v) is 2.89. The van der Waals surface area contributed by atoms with Gasteiger partial charge in [-0.1, -0.05) is 6.08 Å². The molecular weight excluding hydrogens is 218 g/mol. The summed E-state index contributed by atoms with van der Waals surface area (Å²) in [6, 6.07) is -0.0403. The molecule has 86 valence electrons. The van der Waals surface area contributed by atoms with Gasteiger partial charge < -0.3 is 9.47 Å². The fourth-order valence-corrected chi connectivity index (χ4v) is 2.01. The molecule has 17 heavy (non-hydrogen) atoms. The first-order valence-electron chi connectivity index (χ1n) is 5.43. The van der Waals surface area contributed by atoms with E-state index in [1.165, 1.54) is 0 Å². The maximum atomic E-state index is 10.9. The topological polar surface area (TPSA) is 47.9 Å². The average molecular weight is 229 g/mol. The smallest absolute Gasteiger partial charge is 0.231 e. The Labute approximate surface area is 98.6 Å². The average Bonchev–Trinajstić information content (AvgIpc) is 2.59. The van der Waals surface area contributed by atoms with E-state index in [1.54, 1.807) is 12.3 Å². The summed E-state index contributed by atoms with van der Waals surface area (Å²) in [5.74, 6) is 1.46. The summed E-state index contributed by atoms with van der Waals surface area (Å²) in [7, 11) is 0. The van der Waals surface area contributed by atoms with Crippen molar-refractivity contribution in [3.05, 3.63) is 47.0 Å². The Morgan fingerprint density at radius 1 is 1.35 bits per heavy atom. The highest BCUT2D eigenvalue weighted by Gasteiger charge is 2.22. The lowest BCUT2D eigenvalue weighted by atomic mass is 10.0. The van der Waals surface area contributed by atoms with Crippen molar-refractivity contribution in [1.29, 1.82) is 0 Å². The van der Waals surface area contributed by atoms with Gasteiger partial charge in [0.1, 0.15) is 6.29 Å². The first kappa shape index (κ1) is 10.1. The SMILES string of the molecule is O=CC1=CC=NC2C=CC3=C(C=C2C1)OCO3. The summed E-state index contributed by atoms with van der Waals surface area (Å²) in [5, 5.41) is 0. The normalized spacial score (nSPS) is 25.8. The molecule has 0 N–H and O–H groups in total. The molecule has 1 atom stereocenters. The minimum atomic E-state index is -0.0403. The van der Waals surface area contributed by atoms with Crippen molar-refractivity contribution >= 4 is 12.5 Å². The van der Waals surface area contributed by atoms with E-state index in [0.29, 0.717) is 6.42 Å². The predicted molar refractivity (Wildman–Crippen MR) is 62.3 cm³/mol. The second-order valence-corrected chi connectivity index (χ2v) is 3.99. The number of hydrogen-bond acceptors (Lipinski definition) is 4. The van der Waals surface area contributed by atoms with Crippen LogP contribution in [0.25, 0.3) is 0 Å². The van der Waals surface area contributed by atoms with Crippen molar-refractivity contribution in [3.63, 3.8) is 0 Å². The summed E-state index contributed by atoms with van der Waals surface area (Å²) < 4.78 is 10.7. The molecule has 0 fully saturated rings. The summed E-state index contributed by atoms with van der Waals surface area (Å²) in [6.45, 7) is 0.253. The second-order valence-electron chi connectivity index (χ2n) is 3.99. The summed E-state index contributed by atoms with van der Waals surface area (Å²) in [5.41, 5.74) is 1.77. The molecule has 0 spiro atoms. The molecule has 4 heteroatoms. The van der Waals surface area contributed by atoms with Crippen LogP contribution in [0, 0.1) is 0 Å². The van der Waals surface area contributed by atoms with E-state index in [2.05, 4.69) is 4.99 Å². The predicted octanol–water partition coefficient (Wildman–Crippen LogP) is 1.67. The second kappa shape index (κ2) is 4.05. The van der Waals surface area contributed by atoms with Gasteiger partial charge in [0.15, 0.2) is 11.5 Å². The van der Waals surface area contributed by atoms with Gasteiger partial charge in [-0.05, 0) is 35.8 Å². The van der Waals surface area contributed by atoms with E-state index < -0.39 is 0 Å². The maximum absolute atomic E-state index is 10.9. The Morgan fingerprint density at radius 3 is 3.12 bits per heavy atom. The number of carbonyl (C=O) groups is 1. The number of ether oxygens (including phenoxy) is 2. The van der Waals surface area contributed by atoms with Crippen LogP contribution in [0.1, 0.15) is 6.42 Å². The van der Waals surface area contributed by atoms with Crippen LogP contribution in [-0.4, -0.2) is 25.3 Å². The van der Waals surface area contributed by atoms with Gasteiger partial charge in [-0.3, -0.25) is 9.79 Å². The van der Waals surface area contributed by atoms with Crippen LogP contribution in [-0.2, 0) is 14.3 Å². The first-order valence-corrected chi connectivity index (χ1v) is 5.43.